The van der Waals surface area contributed by atoms with Crippen LogP contribution in [0.4, 0.5) is 4.39 Å². The van der Waals surface area contributed by atoms with Gasteiger partial charge in [-0.25, -0.2) is 0 Å². The fourth-order valence-electron chi connectivity index (χ4n) is 3.99. The van der Waals surface area contributed by atoms with Gasteiger partial charge in [0.05, 0.1) is 0 Å². The van der Waals surface area contributed by atoms with Crippen molar-refractivity contribution < 1.29 is 4.39 Å². The molecule has 0 heterocycles. The van der Waals surface area contributed by atoms with Gasteiger partial charge in [-0.05, 0) is 0 Å². The Morgan fingerprint density at radius 1 is 0.846 bits per heavy atom. The quantitative estimate of drug-likeness (QED) is 0.303. The Labute approximate surface area is 162 Å². The van der Waals surface area contributed by atoms with E-state index in [9.17, 15) is 4.39 Å². The minimum absolute atomic E-state index is 0.184. The van der Waals surface area contributed by atoms with E-state index in [0.717, 1.165) is 9.49 Å². The first kappa shape index (κ1) is 17.7. The average molecular weight is 458 g/mol. The van der Waals surface area contributed by atoms with Crippen molar-refractivity contribution in [2.45, 2.75) is 22.7 Å². The second-order valence-electron chi connectivity index (χ2n) is 7.24. The van der Waals surface area contributed by atoms with E-state index < -0.39 is 19.8 Å². The van der Waals surface area contributed by atoms with Gasteiger partial charge in [0.1, 0.15) is 0 Å². The second-order valence-corrected chi connectivity index (χ2v) is 13.6. The molecule has 3 aromatic rings. The van der Waals surface area contributed by atoms with Crippen LogP contribution >= 0.6 is 19.8 Å². The number of rotatable bonds is 3. The van der Waals surface area contributed by atoms with Crippen molar-refractivity contribution in [2.75, 3.05) is 9.86 Å². The number of fused-ring (bicyclic) bond motifs is 1. The fraction of sp³-hybridized carbons (Fsp3) is 0.250. The van der Waals surface area contributed by atoms with Crippen molar-refractivity contribution in [3.8, 4) is 11.1 Å². The van der Waals surface area contributed by atoms with Crippen molar-refractivity contribution in [2.24, 2.45) is 0 Å². The summed E-state index contributed by atoms with van der Waals surface area (Å²) in [6.45, 7) is 0. The molecule has 0 unspecified atom stereocenters. The van der Waals surface area contributed by atoms with E-state index in [1.165, 1.54) is 35.1 Å². The molecule has 0 aliphatic heterocycles. The van der Waals surface area contributed by atoms with Gasteiger partial charge in [0.2, 0.25) is 0 Å². The standard InChI is InChI=1S/C24H24FI/c1-26(2)22-15-20-6-3-4-9-23(20)24(16-22)19-8-5-7-18(14-19)17-10-12-21(25)13-11-17/h3-14,22,24H,15-16H2,1-2H3/t22-,24+/m0/s1. The van der Waals surface area contributed by atoms with E-state index in [0.29, 0.717) is 5.92 Å². The number of alkyl halides is 3. The molecule has 0 aromatic heterocycles. The zero-order valence-corrected chi connectivity index (χ0v) is 17.4. The summed E-state index contributed by atoms with van der Waals surface area (Å²) < 4.78 is 14.1. The molecule has 0 N–H and O–H groups in total. The van der Waals surface area contributed by atoms with E-state index in [4.69, 9.17) is 0 Å². The number of benzene rings is 3. The summed E-state index contributed by atoms with van der Waals surface area (Å²) in [5, 5.41) is 0. The van der Waals surface area contributed by atoms with E-state index in [1.54, 1.807) is 12.1 Å². The molecule has 0 nitrogen and oxygen atoms in total. The summed E-state index contributed by atoms with van der Waals surface area (Å²) in [6, 6.07) is 24.6. The Bertz CT molecular complexity index is 898. The van der Waals surface area contributed by atoms with E-state index in [2.05, 4.69) is 58.4 Å². The van der Waals surface area contributed by atoms with Crippen LogP contribution in [0.2, 0.25) is 0 Å². The fourth-order valence-corrected chi connectivity index (χ4v) is 6.87. The summed E-state index contributed by atoms with van der Waals surface area (Å²) in [4.78, 5) is 4.99. The predicted octanol–water partition coefficient (Wildman–Crippen LogP) is 6.71. The zero-order chi connectivity index (χ0) is 18.1. The predicted molar refractivity (Wildman–Crippen MR) is 118 cm³/mol. The van der Waals surface area contributed by atoms with E-state index >= 15 is 0 Å². The molecule has 0 saturated heterocycles. The van der Waals surface area contributed by atoms with Gasteiger partial charge < -0.3 is 0 Å². The number of halogens is 2. The molecule has 0 fully saturated rings. The molecule has 1 aliphatic carbocycles. The van der Waals surface area contributed by atoms with Crippen molar-refractivity contribution in [3.05, 3.63) is 95.3 Å². The van der Waals surface area contributed by atoms with Gasteiger partial charge in [-0.1, -0.05) is 0 Å². The maximum absolute atomic E-state index is 13.3. The van der Waals surface area contributed by atoms with Crippen LogP contribution < -0.4 is 0 Å². The van der Waals surface area contributed by atoms with Crippen LogP contribution in [-0.4, -0.2) is 13.8 Å². The van der Waals surface area contributed by atoms with Crippen molar-refractivity contribution >= 4 is 19.8 Å². The Morgan fingerprint density at radius 2 is 1.62 bits per heavy atom. The molecule has 0 radical (unpaired) electrons. The van der Waals surface area contributed by atoms with Crippen molar-refractivity contribution in [3.63, 3.8) is 0 Å². The molecule has 0 saturated carbocycles. The molecule has 0 spiro atoms. The first-order valence-electron chi connectivity index (χ1n) is 9.04. The summed E-state index contributed by atoms with van der Waals surface area (Å²) >= 11 is -0.868. The topological polar surface area (TPSA) is 0 Å². The molecule has 26 heavy (non-hydrogen) atoms. The van der Waals surface area contributed by atoms with Gasteiger partial charge in [-0.15, -0.1) is 0 Å². The van der Waals surface area contributed by atoms with Gasteiger partial charge in [0.25, 0.3) is 0 Å². The maximum atomic E-state index is 13.3. The molecule has 0 bridgehead atoms. The molecule has 4 rings (SSSR count). The Kier molecular flexibility index (Phi) is 5.12. The van der Waals surface area contributed by atoms with Crippen LogP contribution in [0.5, 0.6) is 0 Å². The average Bonchev–Trinajstić information content (AvgIpc) is 2.67. The Hall–Kier alpha value is -1.68. The zero-order valence-electron chi connectivity index (χ0n) is 15.3. The second kappa shape index (κ2) is 7.51. The molecule has 3 aromatic carbocycles. The van der Waals surface area contributed by atoms with E-state index in [-0.39, 0.29) is 5.82 Å². The van der Waals surface area contributed by atoms with Crippen LogP contribution in [0.1, 0.15) is 29.0 Å². The molecule has 2 atom stereocenters. The van der Waals surface area contributed by atoms with Gasteiger partial charge in [0.15, 0.2) is 0 Å². The Balaban J connectivity index is 1.74. The van der Waals surface area contributed by atoms with E-state index in [1.807, 2.05) is 12.1 Å². The van der Waals surface area contributed by atoms with Crippen molar-refractivity contribution in [1.29, 1.82) is 0 Å². The van der Waals surface area contributed by atoms with Crippen LogP contribution in [0.15, 0.2) is 72.8 Å². The normalized spacial score (nSPS) is 19.7. The molecular formula is C24H24FI. The SMILES string of the molecule is CI(C)[C@H]1Cc2ccccc2[C@@H](c2cccc(-c3ccc(F)cc3)c2)C1. The summed E-state index contributed by atoms with van der Waals surface area (Å²) in [5.74, 6) is 0.293. The van der Waals surface area contributed by atoms with Gasteiger partial charge in [0, 0.05) is 0 Å². The van der Waals surface area contributed by atoms with Gasteiger partial charge in [-0.3, -0.25) is 0 Å². The van der Waals surface area contributed by atoms with Crippen LogP contribution in [0.3, 0.4) is 0 Å². The third-order valence-electron chi connectivity index (χ3n) is 5.45. The minimum atomic E-state index is -0.868. The van der Waals surface area contributed by atoms with Crippen LogP contribution in [0.25, 0.3) is 11.1 Å². The summed E-state index contributed by atoms with van der Waals surface area (Å²) in [6.07, 6.45) is 2.52. The monoisotopic (exact) mass is 458 g/mol. The summed E-state index contributed by atoms with van der Waals surface area (Å²) in [7, 11) is 0. The molecule has 1 aliphatic rings. The molecule has 2 heteroatoms. The molecule has 0 amide bonds. The third kappa shape index (κ3) is 3.57. The van der Waals surface area contributed by atoms with Crippen molar-refractivity contribution in [1.82, 2.24) is 0 Å². The van der Waals surface area contributed by atoms with Crippen LogP contribution in [0, 0.1) is 5.82 Å². The van der Waals surface area contributed by atoms with Crippen LogP contribution in [-0.2, 0) is 6.42 Å². The third-order valence-corrected chi connectivity index (χ3v) is 9.92. The first-order valence-corrected chi connectivity index (χ1v) is 14.6. The number of hydrogen-bond donors (Lipinski definition) is 0. The Morgan fingerprint density at radius 3 is 2.38 bits per heavy atom. The summed E-state index contributed by atoms with van der Waals surface area (Å²) in [5.41, 5.74) is 6.67. The number of hydrogen-bond acceptors (Lipinski definition) is 0. The first-order chi connectivity index (χ1) is 12.6. The molecular weight excluding hydrogens is 434 g/mol. The van der Waals surface area contributed by atoms with Gasteiger partial charge in [-0.2, -0.15) is 0 Å². The molecule has 134 valence electrons. The van der Waals surface area contributed by atoms with Gasteiger partial charge >= 0.3 is 163 Å².